The van der Waals surface area contributed by atoms with Crippen molar-refractivity contribution >= 4 is 39.7 Å². The zero-order chi connectivity index (χ0) is 22.5. The number of amides is 3. The van der Waals surface area contributed by atoms with E-state index in [9.17, 15) is 14.4 Å². The van der Waals surface area contributed by atoms with E-state index in [4.69, 9.17) is 10.5 Å². The van der Waals surface area contributed by atoms with Crippen LogP contribution in [0.25, 0.3) is 0 Å². The number of nitrogens with one attached hydrogen (secondary N) is 2. The summed E-state index contributed by atoms with van der Waals surface area (Å²) in [4.78, 5) is 41.8. The number of anilines is 1. The Bertz CT molecular complexity index is 941. The molecule has 0 unspecified atom stereocenters. The predicted molar refractivity (Wildman–Crippen MR) is 115 cm³/mol. The molecule has 0 bridgehead atoms. The number of rotatable bonds is 4. The van der Waals surface area contributed by atoms with Gasteiger partial charge in [-0.15, -0.1) is 0 Å². The molecule has 3 amide bonds. The maximum Gasteiger partial charge on any atom is 0.410 e. The van der Waals surface area contributed by atoms with Crippen LogP contribution in [0.5, 0.6) is 0 Å². The van der Waals surface area contributed by atoms with E-state index in [1.165, 1.54) is 17.2 Å². The van der Waals surface area contributed by atoms with Crippen LogP contribution >= 0.6 is 15.9 Å². The number of hydrogen-bond donors (Lipinski definition) is 3. The minimum atomic E-state index is -0.592. The Morgan fingerprint density at radius 1 is 1.13 bits per heavy atom. The van der Waals surface area contributed by atoms with Gasteiger partial charge in [0, 0.05) is 29.8 Å². The van der Waals surface area contributed by atoms with Crippen LogP contribution in [0.2, 0.25) is 0 Å². The molecule has 10 heteroatoms. The molecule has 1 heterocycles. The van der Waals surface area contributed by atoms with E-state index in [1.54, 1.807) is 52.1 Å². The van der Waals surface area contributed by atoms with Gasteiger partial charge in [0.1, 0.15) is 11.4 Å². The van der Waals surface area contributed by atoms with Crippen LogP contribution in [0.3, 0.4) is 0 Å². The summed E-state index contributed by atoms with van der Waals surface area (Å²) in [7, 11) is 1.63. The van der Waals surface area contributed by atoms with Gasteiger partial charge in [-0.1, -0.05) is 12.1 Å². The van der Waals surface area contributed by atoms with Gasteiger partial charge in [-0.05, 0) is 60.5 Å². The van der Waals surface area contributed by atoms with Crippen LogP contribution in [0.1, 0.15) is 47.1 Å². The van der Waals surface area contributed by atoms with Gasteiger partial charge in [0.2, 0.25) is 0 Å². The number of hydrazine groups is 1. The molecule has 0 saturated carbocycles. The monoisotopic (exact) mass is 477 g/mol. The van der Waals surface area contributed by atoms with Gasteiger partial charge in [0.05, 0.1) is 5.56 Å². The lowest BCUT2D eigenvalue weighted by Gasteiger charge is -2.24. The number of benzene rings is 1. The molecule has 0 aliphatic carbocycles. The summed E-state index contributed by atoms with van der Waals surface area (Å²) in [5.41, 5.74) is 11.0. The van der Waals surface area contributed by atoms with Crippen molar-refractivity contribution in [3.8, 4) is 0 Å². The molecule has 2 rings (SSSR count). The van der Waals surface area contributed by atoms with Crippen LogP contribution in [-0.4, -0.2) is 40.4 Å². The molecule has 4 N–H and O–H groups in total. The summed E-state index contributed by atoms with van der Waals surface area (Å²) >= 11 is 3.21. The van der Waals surface area contributed by atoms with Gasteiger partial charge in [0.15, 0.2) is 0 Å². The normalized spacial score (nSPS) is 10.8. The summed E-state index contributed by atoms with van der Waals surface area (Å²) in [6, 6.07) is 8.12. The van der Waals surface area contributed by atoms with Crippen molar-refractivity contribution in [1.82, 2.24) is 20.7 Å². The zero-order valence-electron chi connectivity index (χ0n) is 17.2. The molecule has 0 aliphatic heterocycles. The van der Waals surface area contributed by atoms with Crippen molar-refractivity contribution < 1.29 is 19.1 Å². The molecule has 0 fully saturated rings. The second-order valence-corrected chi connectivity index (χ2v) is 8.44. The van der Waals surface area contributed by atoms with Gasteiger partial charge < -0.3 is 15.4 Å². The molecule has 1 aromatic carbocycles. The number of pyridine rings is 1. The minimum Gasteiger partial charge on any atom is -0.444 e. The van der Waals surface area contributed by atoms with E-state index in [-0.39, 0.29) is 11.4 Å². The summed E-state index contributed by atoms with van der Waals surface area (Å²) in [5.74, 6) is -1.05. The first-order valence-corrected chi connectivity index (χ1v) is 9.80. The summed E-state index contributed by atoms with van der Waals surface area (Å²) in [6.45, 7) is 5.72. The van der Waals surface area contributed by atoms with Gasteiger partial charge in [-0.3, -0.25) is 20.4 Å². The Kier molecular flexibility index (Phi) is 7.38. The molecule has 9 nitrogen and oxygen atoms in total. The van der Waals surface area contributed by atoms with E-state index < -0.39 is 23.5 Å². The highest BCUT2D eigenvalue weighted by Gasteiger charge is 2.20. The Morgan fingerprint density at radius 2 is 1.73 bits per heavy atom. The first-order valence-electron chi connectivity index (χ1n) is 9.01. The number of hydrogen-bond acceptors (Lipinski definition) is 6. The number of carbonyl (C=O) groups excluding carboxylic acids is 3. The third kappa shape index (κ3) is 6.73. The van der Waals surface area contributed by atoms with Gasteiger partial charge in [-0.25, -0.2) is 9.78 Å². The zero-order valence-corrected chi connectivity index (χ0v) is 18.7. The first kappa shape index (κ1) is 23.1. The molecule has 2 aromatic rings. The van der Waals surface area contributed by atoms with Crippen LogP contribution in [0, 0.1) is 0 Å². The number of halogens is 1. The fourth-order valence-electron chi connectivity index (χ4n) is 2.32. The number of aromatic nitrogens is 1. The van der Waals surface area contributed by atoms with E-state index in [1.807, 2.05) is 0 Å². The minimum absolute atomic E-state index is 0.0448. The maximum absolute atomic E-state index is 12.3. The van der Waals surface area contributed by atoms with Crippen molar-refractivity contribution in [2.24, 2.45) is 0 Å². The van der Waals surface area contributed by atoms with E-state index in [0.717, 1.165) is 5.56 Å². The van der Waals surface area contributed by atoms with Crippen molar-refractivity contribution in [2.45, 2.75) is 32.9 Å². The van der Waals surface area contributed by atoms with Crippen LogP contribution in [0.4, 0.5) is 10.6 Å². The SMILES string of the molecule is CN(Cc1ccc(C(=O)NNC(=O)c2cc(Br)cnc2N)cc1)C(=O)OC(C)(C)C. The van der Waals surface area contributed by atoms with Crippen LogP contribution in [0.15, 0.2) is 41.0 Å². The molecular formula is C20H24BrN5O4. The molecule has 1 aromatic heterocycles. The summed E-state index contributed by atoms with van der Waals surface area (Å²) < 4.78 is 5.89. The lowest BCUT2D eigenvalue weighted by Crippen LogP contribution is -2.42. The van der Waals surface area contributed by atoms with Crippen molar-refractivity contribution in [1.29, 1.82) is 0 Å². The topological polar surface area (TPSA) is 127 Å². The van der Waals surface area contributed by atoms with E-state index in [0.29, 0.717) is 16.6 Å². The van der Waals surface area contributed by atoms with Gasteiger partial charge in [-0.2, -0.15) is 0 Å². The lowest BCUT2D eigenvalue weighted by molar-refractivity contribution is 0.0285. The van der Waals surface area contributed by atoms with Gasteiger partial charge in [0.25, 0.3) is 11.8 Å². The van der Waals surface area contributed by atoms with Crippen molar-refractivity contribution in [3.05, 3.63) is 57.7 Å². The Balaban J connectivity index is 1.92. The molecule has 0 saturated heterocycles. The largest absolute Gasteiger partial charge is 0.444 e. The second kappa shape index (κ2) is 9.57. The number of nitrogen functional groups attached to an aromatic ring is 1. The van der Waals surface area contributed by atoms with E-state index >= 15 is 0 Å². The summed E-state index contributed by atoms with van der Waals surface area (Å²) in [5, 5.41) is 0. The Hall–Kier alpha value is -3.14. The molecule has 0 atom stereocenters. The third-order valence-corrected chi connectivity index (χ3v) is 4.19. The second-order valence-electron chi connectivity index (χ2n) is 7.53. The van der Waals surface area contributed by atoms with Gasteiger partial charge >= 0.3 is 6.09 Å². The highest BCUT2D eigenvalue weighted by Crippen LogP contribution is 2.15. The van der Waals surface area contributed by atoms with Crippen molar-refractivity contribution in [3.63, 3.8) is 0 Å². The highest BCUT2D eigenvalue weighted by molar-refractivity contribution is 9.10. The molecular weight excluding hydrogens is 454 g/mol. The number of ether oxygens (including phenoxy) is 1. The average molecular weight is 478 g/mol. The van der Waals surface area contributed by atoms with Crippen molar-refractivity contribution in [2.75, 3.05) is 12.8 Å². The number of nitrogens with two attached hydrogens (primary N) is 1. The van der Waals surface area contributed by atoms with Crippen LogP contribution < -0.4 is 16.6 Å². The summed E-state index contributed by atoms with van der Waals surface area (Å²) in [6.07, 6.45) is 1.03. The average Bonchev–Trinajstić information content (AvgIpc) is 2.67. The number of carbonyl (C=O) groups is 3. The highest BCUT2D eigenvalue weighted by atomic mass is 79.9. The Morgan fingerprint density at radius 3 is 2.33 bits per heavy atom. The third-order valence-electron chi connectivity index (χ3n) is 3.76. The van der Waals surface area contributed by atoms with Crippen LogP contribution in [-0.2, 0) is 11.3 Å². The maximum atomic E-state index is 12.3. The van der Waals surface area contributed by atoms with E-state index in [2.05, 4.69) is 31.8 Å². The first-order chi connectivity index (χ1) is 14.0. The molecule has 160 valence electrons. The fourth-order valence-corrected chi connectivity index (χ4v) is 2.66. The predicted octanol–water partition coefficient (Wildman–Crippen LogP) is 2.87. The molecule has 0 spiro atoms. The molecule has 30 heavy (non-hydrogen) atoms. The standard InChI is InChI=1S/C20H24BrN5O4/c1-20(2,3)30-19(29)26(4)11-12-5-7-13(8-6-12)17(27)24-25-18(28)15-9-14(21)10-23-16(15)22/h5-10H,11H2,1-4H3,(H2,22,23)(H,24,27)(H,25,28). The lowest BCUT2D eigenvalue weighted by atomic mass is 10.1. The smallest absolute Gasteiger partial charge is 0.410 e. The Labute approximate surface area is 183 Å². The molecule has 0 radical (unpaired) electrons. The molecule has 0 aliphatic rings. The fraction of sp³-hybridized carbons (Fsp3) is 0.300. The quantitative estimate of drug-likeness (QED) is 0.581. The number of nitrogens with zero attached hydrogens (tertiary/aromatic N) is 2.